The average Bonchev–Trinajstić information content (AvgIpc) is 2.83. The maximum absolute atomic E-state index is 12.3. The van der Waals surface area contributed by atoms with Gasteiger partial charge in [-0.3, -0.25) is 4.90 Å². The molecule has 0 bridgehead atoms. The number of benzene rings is 1. The fourth-order valence-corrected chi connectivity index (χ4v) is 3.19. The number of nitrogens with zero attached hydrogens (tertiary/aromatic N) is 3. The van der Waals surface area contributed by atoms with Crippen LogP contribution in [0.3, 0.4) is 0 Å². The van der Waals surface area contributed by atoms with Crippen molar-refractivity contribution >= 4 is 28.8 Å². The van der Waals surface area contributed by atoms with E-state index in [0.717, 1.165) is 43.7 Å². The Kier molecular flexibility index (Phi) is 5.73. The first-order valence-electron chi connectivity index (χ1n) is 8.98. The molecule has 0 spiro atoms. The highest BCUT2D eigenvalue weighted by Crippen LogP contribution is 2.20. The van der Waals surface area contributed by atoms with Gasteiger partial charge in [0.05, 0.1) is 5.88 Å². The first-order chi connectivity index (χ1) is 12.3. The fraction of sp³-hybridized carbons (Fsp3) is 0.579. The van der Waals surface area contributed by atoms with E-state index in [1.165, 1.54) is 5.56 Å². The van der Waals surface area contributed by atoms with Crippen LogP contribution in [0.2, 0.25) is 0 Å². The third-order valence-electron chi connectivity index (χ3n) is 4.26. The van der Waals surface area contributed by atoms with Crippen molar-refractivity contribution in [1.29, 1.82) is 0 Å². The number of oxazole rings is 1. The second-order valence-corrected chi connectivity index (χ2v) is 7.91. The number of halogens is 1. The third kappa shape index (κ3) is 4.89. The lowest BCUT2D eigenvalue weighted by atomic mass is 10.2. The van der Waals surface area contributed by atoms with Crippen LogP contribution in [0, 0.1) is 0 Å². The Bertz CT molecular complexity index is 769. The monoisotopic (exact) mass is 379 g/mol. The molecule has 2 aromatic rings. The van der Waals surface area contributed by atoms with Crippen molar-refractivity contribution in [2.24, 2.45) is 0 Å². The normalized spacial score (nSPS) is 16.7. The van der Waals surface area contributed by atoms with Gasteiger partial charge in [0.15, 0.2) is 5.58 Å². The lowest BCUT2D eigenvalue weighted by Gasteiger charge is -2.26. The van der Waals surface area contributed by atoms with Gasteiger partial charge in [-0.15, -0.1) is 11.6 Å². The van der Waals surface area contributed by atoms with E-state index < -0.39 is 5.60 Å². The predicted octanol–water partition coefficient (Wildman–Crippen LogP) is 4.01. The van der Waals surface area contributed by atoms with Gasteiger partial charge >= 0.3 is 6.09 Å². The van der Waals surface area contributed by atoms with E-state index in [1.807, 2.05) is 32.9 Å². The van der Waals surface area contributed by atoms with Crippen LogP contribution in [0.4, 0.5) is 4.79 Å². The largest absolute Gasteiger partial charge is 0.444 e. The Morgan fingerprint density at radius 3 is 2.81 bits per heavy atom. The number of carbonyl (C=O) groups is 1. The molecule has 1 fully saturated rings. The van der Waals surface area contributed by atoms with Gasteiger partial charge in [0.1, 0.15) is 11.1 Å². The molecule has 0 unspecified atom stereocenters. The topological polar surface area (TPSA) is 58.8 Å². The van der Waals surface area contributed by atoms with Crippen LogP contribution in [0.1, 0.15) is 38.6 Å². The predicted molar refractivity (Wildman–Crippen MR) is 101 cm³/mol. The van der Waals surface area contributed by atoms with Crippen molar-refractivity contribution in [1.82, 2.24) is 14.8 Å². The second kappa shape index (κ2) is 7.84. The lowest BCUT2D eigenvalue weighted by molar-refractivity contribution is 0.0257. The Morgan fingerprint density at radius 1 is 1.27 bits per heavy atom. The summed E-state index contributed by atoms with van der Waals surface area (Å²) in [6.45, 7) is 9.68. The molecule has 0 aliphatic carbocycles. The maximum Gasteiger partial charge on any atom is 0.410 e. The summed E-state index contributed by atoms with van der Waals surface area (Å²) in [5.41, 5.74) is 2.31. The van der Waals surface area contributed by atoms with E-state index in [9.17, 15) is 4.79 Å². The first-order valence-corrected chi connectivity index (χ1v) is 9.52. The lowest BCUT2D eigenvalue weighted by Crippen LogP contribution is -2.39. The number of carbonyl (C=O) groups excluding carboxylic acids is 1. The standard InChI is InChI=1S/C19H26ClN3O3/c1-19(2,3)26-18(24)23-8-4-7-22(9-10-23)13-14-5-6-16-15(11-14)21-17(12-20)25-16/h5-6,11H,4,7-10,12-13H2,1-3H3. The smallest absolute Gasteiger partial charge is 0.410 e. The summed E-state index contributed by atoms with van der Waals surface area (Å²) in [4.78, 5) is 20.8. The van der Waals surface area contributed by atoms with Crippen molar-refractivity contribution in [3.05, 3.63) is 29.7 Å². The van der Waals surface area contributed by atoms with E-state index >= 15 is 0 Å². The number of alkyl halides is 1. The molecular formula is C19H26ClN3O3. The highest BCUT2D eigenvalue weighted by Gasteiger charge is 2.24. The van der Waals surface area contributed by atoms with Crippen LogP contribution < -0.4 is 0 Å². The molecule has 1 aromatic heterocycles. The number of amides is 1. The summed E-state index contributed by atoms with van der Waals surface area (Å²) in [7, 11) is 0. The Labute approximate surface area is 159 Å². The number of fused-ring (bicyclic) bond motifs is 1. The molecule has 26 heavy (non-hydrogen) atoms. The molecule has 1 aliphatic rings. The van der Waals surface area contributed by atoms with Crippen LogP contribution in [0.25, 0.3) is 11.1 Å². The van der Waals surface area contributed by atoms with Gasteiger partial charge in [-0.1, -0.05) is 6.07 Å². The SMILES string of the molecule is CC(C)(C)OC(=O)N1CCCN(Cc2ccc3oc(CCl)nc3c2)CC1. The van der Waals surface area contributed by atoms with Gasteiger partial charge in [-0.05, 0) is 44.9 Å². The van der Waals surface area contributed by atoms with Gasteiger partial charge in [0.2, 0.25) is 5.89 Å². The molecule has 0 atom stereocenters. The van der Waals surface area contributed by atoms with Crippen molar-refractivity contribution in [2.45, 2.75) is 45.2 Å². The van der Waals surface area contributed by atoms with Crippen molar-refractivity contribution in [3.8, 4) is 0 Å². The summed E-state index contributed by atoms with van der Waals surface area (Å²) in [5.74, 6) is 0.818. The summed E-state index contributed by atoms with van der Waals surface area (Å²) in [6, 6.07) is 6.05. The zero-order chi connectivity index (χ0) is 18.7. The number of ether oxygens (including phenoxy) is 1. The Morgan fingerprint density at radius 2 is 2.08 bits per heavy atom. The number of aromatic nitrogens is 1. The van der Waals surface area contributed by atoms with E-state index in [0.29, 0.717) is 12.4 Å². The number of rotatable bonds is 3. The van der Waals surface area contributed by atoms with Crippen LogP contribution in [-0.4, -0.2) is 52.7 Å². The van der Waals surface area contributed by atoms with Crippen molar-refractivity contribution in [3.63, 3.8) is 0 Å². The van der Waals surface area contributed by atoms with Gasteiger partial charge in [-0.2, -0.15) is 0 Å². The van der Waals surface area contributed by atoms with Gasteiger partial charge in [0.25, 0.3) is 0 Å². The molecule has 2 heterocycles. The van der Waals surface area contributed by atoms with Crippen LogP contribution in [0.5, 0.6) is 0 Å². The van der Waals surface area contributed by atoms with E-state index in [2.05, 4.69) is 16.0 Å². The van der Waals surface area contributed by atoms with Crippen molar-refractivity contribution < 1.29 is 13.9 Å². The Hall–Kier alpha value is -1.79. The molecule has 0 saturated carbocycles. The molecular weight excluding hydrogens is 354 g/mol. The van der Waals surface area contributed by atoms with Gasteiger partial charge in [-0.25, -0.2) is 9.78 Å². The molecule has 7 heteroatoms. The van der Waals surface area contributed by atoms with Crippen LogP contribution in [-0.2, 0) is 17.2 Å². The molecule has 1 aliphatic heterocycles. The molecule has 0 radical (unpaired) electrons. The summed E-state index contributed by atoms with van der Waals surface area (Å²) >= 11 is 5.78. The maximum atomic E-state index is 12.3. The minimum atomic E-state index is -0.460. The number of hydrogen-bond donors (Lipinski definition) is 0. The summed E-state index contributed by atoms with van der Waals surface area (Å²) in [6.07, 6.45) is 0.707. The van der Waals surface area contributed by atoms with E-state index in [1.54, 1.807) is 4.90 Å². The minimum Gasteiger partial charge on any atom is -0.444 e. The average molecular weight is 380 g/mol. The molecule has 6 nitrogen and oxygen atoms in total. The van der Waals surface area contributed by atoms with E-state index in [4.69, 9.17) is 20.8 Å². The molecule has 1 aromatic carbocycles. The molecule has 3 rings (SSSR count). The fourth-order valence-electron chi connectivity index (χ4n) is 3.07. The molecule has 1 amide bonds. The van der Waals surface area contributed by atoms with Gasteiger partial charge in [0, 0.05) is 32.7 Å². The van der Waals surface area contributed by atoms with Crippen molar-refractivity contribution in [2.75, 3.05) is 26.2 Å². The van der Waals surface area contributed by atoms with Crippen LogP contribution in [0.15, 0.2) is 22.6 Å². The third-order valence-corrected chi connectivity index (χ3v) is 4.49. The Balaban J connectivity index is 1.60. The van der Waals surface area contributed by atoms with E-state index in [-0.39, 0.29) is 12.0 Å². The second-order valence-electron chi connectivity index (χ2n) is 7.64. The summed E-state index contributed by atoms with van der Waals surface area (Å²) < 4.78 is 11.0. The van der Waals surface area contributed by atoms with Gasteiger partial charge < -0.3 is 14.1 Å². The van der Waals surface area contributed by atoms with Crippen LogP contribution >= 0.6 is 11.6 Å². The zero-order valence-electron chi connectivity index (χ0n) is 15.6. The summed E-state index contributed by atoms with van der Waals surface area (Å²) in [5, 5.41) is 0. The quantitative estimate of drug-likeness (QED) is 0.754. The number of hydrogen-bond acceptors (Lipinski definition) is 5. The minimum absolute atomic E-state index is 0.225. The molecule has 142 valence electrons. The molecule has 1 saturated heterocycles. The highest BCUT2D eigenvalue weighted by molar-refractivity contribution is 6.16. The molecule has 0 N–H and O–H groups in total. The zero-order valence-corrected chi connectivity index (χ0v) is 16.4. The highest BCUT2D eigenvalue weighted by atomic mass is 35.5. The first kappa shape index (κ1) is 19.0.